The van der Waals surface area contributed by atoms with Crippen LogP contribution in [0.2, 0.25) is 0 Å². The number of hydrogen-bond acceptors (Lipinski definition) is 5. The number of nitrogens with zero attached hydrogens (tertiary/aromatic N) is 2. The fraction of sp³-hybridized carbons (Fsp3) is 0.250. The lowest BCUT2D eigenvalue weighted by Crippen LogP contribution is -2.12. The molecule has 140 valence electrons. The molecule has 4 N–H and O–H groups in total. The van der Waals surface area contributed by atoms with E-state index in [-0.39, 0.29) is 5.91 Å². The number of anilines is 1. The fourth-order valence-corrected chi connectivity index (χ4v) is 2.62. The lowest BCUT2D eigenvalue weighted by molar-refractivity contribution is -0.116. The number of aromatic amines is 1. The molecule has 1 amide bonds. The normalized spacial score (nSPS) is 10.6. The van der Waals surface area contributed by atoms with E-state index in [0.29, 0.717) is 37.6 Å². The van der Waals surface area contributed by atoms with Crippen molar-refractivity contribution in [1.82, 2.24) is 15.2 Å². The first kappa shape index (κ1) is 18.6. The molecule has 0 saturated carbocycles. The fourth-order valence-electron chi connectivity index (χ4n) is 2.62. The van der Waals surface area contributed by atoms with Crippen LogP contribution in [0.25, 0.3) is 11.4 Å². The summed E-state index contributed by atoms with van der Waals surface area (Å²) >= 11 is 0. The Morgan fingerprint density at radius 3 is 2.52 bits per heavy atom. The van der Waals surface area contributed by atoms with Crippen molar-refractivity contribution >= 4 is 11.6 Å². The van der Waals surface area contributed by atoms with E-state index in [1.165, 1.54) is 0 Å². The van der Waals surface area contributed by atoms with Crippen LogP contribution in [0.5, 0.6) is 5.75 Å². The first-order valence-corrected chi connectivity index (χ1v) is 8.91. The van der Waals surface area contributed by atoms with E-state index in [1.807, 2.05) is 55.5 Å². The Kier molecular flexibility index (Phi) is 6.17. The molecule has 0 radical (unpaired) electrons. The first-order valence-electron chi connectivity index (χ1n) is 8.91. The third kappa shape index (κ3) is 5.15. The number of ether oxygens (including phenoxy) is 1. The van der Waals surface area contributed by atoms with Crippen LogP contribution in [0, 0.1) is 0 Å². The standard InChI is InChI=1S/C20H23N5O2/c1-2-27-17-10-3-14(4-11-17)5-12-19(26)22-16-8-6-15(7-9-16)20-23-18(13-21)24-25-20/h3-4,6-11H,2,5,12-13,21H2,1H3,(H,22,26)(H,23,24,25). The maximum Gasteiger partial charge on any atom is 0.224 e. The van der Waals surface area contributed by atoms with E-state index in [9.17, 15) is 4.79 Å². The van der Waals surface area contributed by atoms with Crippen LogP contribution in [-0.2, 0) is 17.8 Å². The van der Waals surface area contributed by atoms with Gasteiger partial charge in [0.05, 0.1) is 13.2 Å². The van der Waals surface area contributed by atoms with Crippen LogP contribution in [0.3, 0.4) is 0 Å². The highest BCUT2D eigenvalue weighted by molar-refractivity contribution is 5.91. The number of carbonyl (C=O) groups is 1. The molecular weight excluding hydrogens is 342 g/mol. The maximum atomic E-state index is 12.2. The highest BCUT2D eigenvalue weighted by atomic mass is 16.5. The number of nitrogens with two attached hydrogens (primary N) is 1. The van der Waals surface area contributed by atoms with E-state index in [1.54, 1.807) is 0 Å². The number of hydrogen-bond donors (Lipinski definition) is 3. The Hall–Kier alpha value is -3.19. The third-order valence-electron chi connectivity index (χ3n) is 4.03. The van der Waals surface area contributed by atoms with Crippen LogP contribution >= 0.6 is 0 Å². The molecule has 1 aromatic heterocycles. The summed E-state index contributed by atoms with van der Waals surface area (Å²) in [6, 6.07) is 15.2. The van der Waals surface area contributed by atoms with Gasteiger partial charge in [-0.25, -0.2) is 4.98 Å². The topological polar surface area (TPSA) is 106 Å². The number of amides is 1. The van der Waals surface area contributed by atoms with Crippen molar-refractivity contribution in [2.75, 3.05) is 11.9 Å². The Morgan fingerprint density at radius 2 is 1.89 bits per heavy atom. The molecule has 0 fully saturated rings. The summed E-state index contributed by atoms with van der Waals surface area (Å²) < 4.78 is 5.42. The molecule has 27 heavy (non-hydrogen) atoms. The second-order valence-electron chi connectivity index (χ2n) is 6.01. The summed E-state index contributed by atoms with van der Waals surface area (Å²) in [5.41, 5.74) is 8.23. The van der Waals surface area contributed by atoms with Gasteiger partial charge in [-0.2, -0.15) is 5.10 Å². The zero-order valence-corrected chi connectivity index (χ0v) is 15.2. The Balaban J connectivity index is 1.51. The van der Waals surface area contributed by atoms with Crippen LogP contribution in [0.15, 0.2) is 48.5 Å². The molecule has 0 saturated heterocycles. The number of aromatic nitrogens is 3. The molecule has 0 aliphatic heterocycles. The smallest absolute Gasteiger partial charge is 0.224 e. The van der Waals surface area contributed by atoms with Crippen LogP contribution in [0.1, 0.15) is 24.7 Å². The van der Waals surface area contributed by atoms with Gasteiger partial charge in [-0.1, -0.05) is 12.1 Å². The minimum Gasteiger partial charge on any atom is -0.494 e. The lowest BCUT2D eigenvalue weighted by atomic mass is 10.1. The summed E-state index contributed by atoms with van der Waals surface area (Å²) in [5, 5.41) is 9.80. The zero-order chi connectivity index (χ0) is 19.1. The van der Waals surface area contributed by atoms with E-state index in [2.05, 4.69) is 20.5 Å². The molecule has 0 aliphatic rings. The molecule has 0 bridgehead atoms. The Morgan fingerprint density at radius 1 is 1.15 bits per heavy atom. The molecule has 7 heteroatoms. The minimum atomic E-state index is -0.0278. The van der Waals surface area contributed by atoms with E-state index in [0.717, 1.165) is 22.6 Å². The highest BCUT2D eigenvalue weighted by Gasteiger charge is 2.07. The Bertz CT molecular complexity index is 872. The quantitative estimate of drug-likeness (QED) is 0.569. The lowest BCUT2D eigenvalue weighted by Gasteiger charge is -2.07. The van der Waals surface area contributed by atoms with Gasteiger partial charge in [0.1, 0.15) is 11.6 Å². The SMILES string of the molecule is CCOc1ccc(CCC(=O)Nc2ccc(-c3n[nH]c(CN)n3)cc2)cc1. The van der Waals surface area contributed by atoms with Gasteiger partial charge in [0.25, 0.3) is 0 Å². The van der Waals surface area contributed by atoms with E-state index >= 15 is 0 Å². The Labute approximate surface area is 158 Å². The number of nitrogens with one attached hydrogen (secondary N) is 2. The van der Waals surface area contributed by atoms with Crippen molar-refractivity contribution < 1.29 is 9.53 Å². The van der Waals surface area contributed by atoms with Crippen LogP contribution in [0.4, 0.5) is 5.69 Å². The molecule has 0 unspecified atom stereocenters. The molecule has 1 heterocycles. The second kappa shape index (κ2) is 8.95. The van der Waals surface area contributed by atoms with Gasteiger partial charge in [-0.3, -0.25) is 9.89 Å². The molecular formula is C20H23N5O2. The molecule has 3 rings (SSSR count). The van der Waals surface area contributed by atoms with Crippen molar-refractivity contribution in [2.45, 2.75) is 26.3 Å². The average Bonchev–Trinajstić information content (AvgIpc) is 3.18. The van der Waals surface area contributed by atoms with Crippen molar-refractivity contribution in [3.05, 3.63) is 59.9 Å². The van der Waals surface area contributed by atoms with Gasteiger partial charge in [-0.05, 0) is 55.3 Å². The number of benzene rings is 2. The van der Waals surface area contributed by atoms with Crippen LogP contribution in [-0.4, -0.2) is 27.7 Å². The predicted molar refractivity (Wildman–Crippen MR) is 104 cm³/mol. The summed E-state index contributed by atoms with van der Waals surface area (Å²) in [6.45, 7) is 2.91. The van der Waals surface area contributed by atoms with Crippen molar-refractivity contribution in [1.29, 1.82) is 0 Å². The predicted octanol–water partition coefficient (Wildman–Crippen LogP) is 2.90. The van der Waals surface area contributed by atoms with E-state index in [4.69, 9.17) is 10.5 Å². The first-order chi connectivity index (χ1) is 13.2. The van der Waals surface area contributed by atoms with Crippen molar-refractivity contribution in [3.63, 3.8) is 0 Å². The number of carbonyl (C=O) groups excluding carboxylic acids is 1. The highest BCUT2D eigenvalue weighted by Crippen LogP contribution is 2.18. The monoisotopic (exact) mass is 365 g/mol. The average molecular weight is 365 g/mol. The molecule has 0 spiro atoms. The second-order valence-corrected chi connectivity index (χ2v) is 6.01. The third-order valence-corrected chi connectivity index (χ3v) is 4.03. The largest absolute Gasteiger partial charge is 0.494 e. The van der Waals surface area contributed by atoms with Gasteiger partial charge < -0.3 is 15.8 Å². The van der Waals surface area contributed by atoms with Gasteiger partial charge in [0.2, 0.25) is 5.91 Å². The molecule has 3 aromatic rings. The molecule has 7 nitrogen and oxygen atoms in total. The molecule has 2 aromatic carbocycles. The van der Waals surface area contributed by atoms with Crippen molar-refractivity contribution in [3.8, 4) is 17.1 Å². The summed E-state index contributed by atoms with van der Waals surface area (Å²) in [5.74, 6) is 2.04. The number of aryl methyl sites for hydroxylation is 1. The maximum absolute atomic E-state index is 12.2. The summed E-state index contributed by atoms with van der Waals surface area (Å²) in [4.78, 5) is 16.5. The van der Waals surface area contributed by atoms with Crippen molar-refractivity contribution in [2.24, 2.45) is 5.73 Å². The van der Waals surface area contributed by atoms with Gasteiger partial charge in [0.15, 0.2) is 5.82 Å². The molecule has 0 aliphatic carbocycles. The minimum absolute atomic E-state index is 0.0278. The zero-order valence-electron chi connectivity index (χ0n) is 15.2. The van der Waals surface area contributed by atoms with Gasteiger partial charge >= 0.3 is 0 Å². The van der Waals surface area contributed by atoms with E-state index < -0.39 is 0 Å². The molecule has 0 atom stereocenters. The van der Waals surface area contributed by atoms with Gasteiger partial charge in [0, 0.05) is 17.7 Å². The van der Waals surface area contributed by atoms with Gasteiger partial charge in [-0.15, -0.1) is 0 Å². The van der Waals surface area contributed by atoms with Crippen LogP contribution < -0.4 is 15.8 Å². The summed E-state index contributed by atoms with van der Waals surface area (Å²) in [6.07, 6.45) is 1.09. The number of H-pyrrole nitrogens is 1. The summed E-state index contributed by atoms with van der Waals surface area (Å²) in [7, 11) is 0. The number of rotatable bonds is 8.